The maximum atomic E-state index is 12.3. The molecule has 0 saturated heterocycles. The van der Waals surface area contributed by atoms with E-state index in [2.05, 4.69) is 0 Å². The summed E-state index contributed by atoms with van der Waals surface area (Å²) < 4.78 is 29.9. The minimum Gasteiger partial charge on any atom is -0.484 e. The summed E-state index contributed by atoms with van der Waals surface area (Å²) in [6.07, 6.45) is -0.308. The van der Waals surface area contributed by atoms with E-state index in [1.165, 1.54) is 25.1 Å². The van der Waals surface area contributed by atoms with E-state index in [1.54, 1.807) is 13.8 Å². The molecule has 1 atom stereocenters. The maximum Gasteiger partial charge on any atom is 0.329 e. The molecule has 0 saturated carbocycles. The number of para-hydroxylation sites is 1. The Morgan fingerprint density at radius 2 is 1.95 bits per heavy atom. The third-order valence-electron chi connectivity index (χ3n) is 2.56. The number of nitro groups is 1. The molecular formula is C12H16ClNO5S. The average Bonchev–Trinajstić information content (AvgIpc) is 2.36. The van der Waals surface area contributed by atoms with Gasteiger partial charge in [0.15, 0.2) is 15.6 Å². The summed E-state index contributed by atoms with van der Waals surface area (Å²) in [5, 5.41) is 10.3. The molecule has 0 radical (unpaired) electrons. The lowest BCUT2D eigenvalue weighted by atomic mass is 10.3. The largest absolute Gasteiger partial charge is 0.484 e. The Labute approximate surface area is 122 Å². The zero-order valence-electron chi connectivity index (χ0n) is 11.4. The Balaban J connectivity index is 3.52. The number of sulfone groups is 1. The molecule has 6 nitrogen and oxygen atoms in total. The van der Waals surface area contributed by atoms with Gasteiger partial charge in [-0.05, 0) is 32.9 Å². The lowest BCUT2D eigenvalue weighted by Crippen LogP contribution is -2.21. The van der Waals surface area contributed by atoms with Crippen molar-refractivity contribution in [1.29, 1.82) is 0 Å². The van der Waals surface area contributed by atoms with Crippen molar-refractivity contribution in [3.05, 3.63) is 28.3 Å². The minimum atomic E-state index is -3.88. The maximum absolute atomic E-state index is 12.3. The summed E-state index contributed by atoms with van der Waals surface area (Å²) in [5.74, 6) is -0.206. The zero-order chi connectivity index (χ0) is 15.5. The Morgan fingerprint density at radius 3 is 2.40 bits per heavy atom. The van der Waals surface area contributed by atoms with Gasteiger partial charge in [0.25, 0.3) is 0 Å². The SMILES string of the molecule is CC(C)Oc1cccc(S(=O)(=O)C(C)CCl)c1[N+](=O)[O-]. The van der Waals surface area contributed by atoms with Crippen molar-refractivity contribution >= 4 is 27.1 Å². The van der Waals surface area contributed by atoms with Crippen LogP contribution in [-0.4, -0.2) is 30.6 Å². The van der Waals surface area contributed by atoms with Crippen molar-refractivity contribution in [2.24, 2.45) is 0 Å². The second kappa shape index (κ2) is 6.41. The Kier molecular flexibility index (Phi) is 5.35. The summed E-state index contributed by atoms with van der Waals surface area (Å²) in [7, 11) is -3.88. The van der Waals surface area contributed by atoms with Crippen LogP contribution in [0.15, 0.2) is 23.1 Å². The fraction of sp³-hybridized carbons (Fsp3) is 0.500. The predicted octanol–water partition coefficient (Wildman–Crippen LogP) is 2.78. The first-order valence-electron chi connectivity index (χ1n) is 5.95. The molecular weight excluding hydrogens is 306 g/mol. The molecule has 0 aromatic heterocycles. The highest BCUT2D eigenvalue weighted by Crippen LogP contribution is 2.36. The molecule has 112 valence electrons. The molecule has 1 aromatic rings. The van der Waals surface area contributed by atoms with Crippen molar-refractivity contribution in [2.75, 3.05) is 5.88 Å². The van der Waals surface area contributed by atoms with Gasteiger partial charge in [-0.3, -0.25) is 10.1 Å². The van der Waals surface area contributed by atoms with Crippen LogP contribution in [-0.2, 0) is 9.84 Å². The van der Waals surface area contributed by atoms with Gasteiger partial charge in [-0.2, -0.15) is 0 Å². The highest BCUT2D eigenvalue weighted by Gasteiger charge is 2.33. The van der Waals surface area contributed by atoms with E-state index in [4.69, 9.17) is 16.3 Å². The average molecular weight is 322 g/mol. The van der Waals surface area contributed by atoms with Gasteiger partial charge in [0.05, 0.1) is 16.3 Å². The number of hydrogen-bond donors (Lipinski definition) is 0. The molecule has 8 heteroatoms. The molecule has 0 heterocycles. The summed E-state index contributed by atoms with van der Waals surface area (Å²) in [5.41, 5.74) is -0.543. The highest BCUT2D eigenvalue weighted by molar-refractivity contribution is 7.92. The van der Waals surface area contributed by atoms with Gasteiger partial charge in [0, 0.05) is 5.88 Å². The van der Waals surface area contributed by atoms with Gasteiger partial charge in [-0.25, -0.2) is 8.42 Å². The third kappa shape index (κ3) is 3.40. The first kappa shape index (κ1) is 16.7. The van der Waals surface area contributed by atoms with Crippen LogP contribution in [0.25, 0.3) is 0 Å². The van der Waals surface area contributed by atoms with Crippen LogP contribution in [0.3, 0.4) is 0 Å². The van der Waals surface area contributed by atoms with Crippen molar-refractivity contribution in [3.8, 4) is 5.75 Å². The zero-order valence-corrected chi connectivity index (χ0v) is 12.9. The normalized spacial score (nSPS) is 13.2. The van der Waals surface area contributed by atoms with Crippen LogP contribution >= 0.6 is 11.6 Å². The molecule has 0 amide bonds. The molecule has 0 aliphatic heterocycles. The van der Waals surface area contributed by atoms with E-state index in [9.17, 15) is 18.5 Å². The molecule has 20 heavy (non-hydrogen) atoms. The highest BCUT2D eigenvalue weighted by atomic mass is 35.5. The molecule has 0 bridgehead atoms. The van der Waals surface area contributed by atoms with E-state index in [0.29, 0.717) is 0 Å². The molecule has 1 rings (SSSR count). The van der Waals surface area contributed by atoms with Crippen LogP contribution in [0.2, 0.25) is 0 Å². The second-order valence-corrected chi connectivity index (χ2v) is 7.18. The second-order valence-electron chi connectivity index (χ2n) is 4.54. The first-order chi connectivity index (χ1) is 9.21. The summed E-state index contributed by atoms with van der Waals surface area (Å²) in [4.78, 5) is 10.1. The quantitative estimate of drug-likeness (QED) is 0.457. The van der Waals surface area contributed by atoms with Crippen molar-refractivity contribution in [1.82, 2.24) is 0 Å². The van der Waals surface area contributed by atoms with E-state index >= 15 is 0 Å². The van der Waals surface area contributed by atoms with Crippen molar-refractivity contribution < 1.29 is 18.1 Å². The monoisotopic (exact) mass is 321 g/mol. The number of benzene rings is 1. The number of alkyl halides is 1. The molecule has 1 unspecified atom stereocenters. The van der Waals surface area contributed by atoms with Gasteiger partial charge in [0.2, 0.25) is 0 Å². The Bertz CT molecular complexity index is 600. The fourth-order valence-corrected chi connectivity index (χ4v) is 3.37. The molecule has 1 aromatic carbocycles. The summed E-state index contributed by atoms with van der Waals surface area (Å²) in [6.45, 7) is 4.81. The van der Waals surface area contributed by atoms with E-state index in [-0.39, 0.29) is 22.6 Å². The molecule has 0 spiro atoms. The van der Waals surface area contributed by atoms with Gasteiger partial charge >= 0.3 is 5.69 Å². The predicted molar refractivity (Wildman–Crippen MR) is 76.2 cm³/mol. The Morgan fingerprint density at radius 1 is 1.35 bits per heavy atom. The number of hydrogen-bond acceptors (Lipinski definition) is 5. The topological polar surface area (TPSA) is 86.5 Å². The minimum absolute atomic E-state index is 0.0622. The lowest BCUT2D eigenvalue weighted by molar-refractivity contribution is -0.389. The van der Waals surface area contributed by atoms with Crippen molar-refractivity contribution in [3.63, 3.8) is 0 Å². The molecule has 0 aliphatic rings. The van der Waals surface area contributed by atoms with Gasteiger partial charge < -0.3 is 4.74 Å². The number of halogens is 1. The molecule has 0 N–H and O–H groups in total. The molecule has 0 aliphatic carbocycles. The molecule has 0 fully saturated rings. The third-order valence-corrected chi connectivity index (χ3v) is 5.38. The number of rotatable bonds is 6. The number of nitro benzene ring substituents is 1. The van der Waals surface area contributed by atoms with E-state index in [0.717, 1.165) is 0 Å². The van der Waals surface area contributed by atoms with Crippen LogP contribution in [0, 0.1) is 10.1 Å². The van der Waals surface area contributed by atoms with E-state index in [1.807, 2.05) is 0 Å². The fourth-order valence-electron chi connectivity index (χ4n) is 1.56. The summed E-state index contributed by atoms with van der Waals surface area (Å²) >= 11 is 5.56. The van der Waals surface area contributed by atoms with Gasteiger partial charge in [0.1, 0.15) is 4.90 Å². The van der Waals surface area contributed by atoms with Crippen LogP contribution in [0.4, 0.5) is 5.69 Å². The van der Waals surface area contributed by atoms with Crippen LogP contribution in [0.1, 0.15) is 20.8 Å². The number of nitrogens with zero attached hydrogens (tertiary/aromatic N) is 1. The lowest BCUT2D eigenvalue weighted by Gasteiger charge is -2.14. The summed E-state index contributed by atoms with van der Waals surface area (Å²) in [6, 6.07) is 3.99. The van der Waals surface area contributed by atoms with Crippen LogP contribution in [0.5, 0.6) is 5.75 Å². The smallest absolute Gasteiger partial charge is 0.329 e. The Hall–Kier alpha value is -1.34. The van der Waals surface area contributed by atoms with Crippen molar-refractivity contribution in [2.45, 2.75) is 37.0 Å². The van der Waals surface area contributed by atoms with Crippen LogP contribution < -0.4 is 4.74 Å². The van der Waals surface area contributed by atoms with Gasteiger partial charge in [-0.15, -0.1) is 11.6 Å². The first-order valence-corrected chi connectivity index (χ1v) is 8.03. The van der Waals surface area contributed by atoms with E-state index < -0.39 is 25.7 Å². The van der Waals surface area contributed by atoms with Gasteiger partial charge in [-0.1, -0.05) is 6.07 Å². The standard InChI is InChI=1S/C12H16ClNO5S/c1-8(2)19-10-5-4-6-11(12(10)14(15)16)20(17,18)9(3)7-13/h4-6,8-9H,7H2,1-3H3. The number of ether oxygens (including phenoxy) is 1.